The molecule has 4 unspecified atom stereocenters. The van der Waals surface area contributed by atoms with E-state index in [-0.39, 0.29) is 22.8 Å². The summed E-state index contributed by atoms with van der Waals surface area (Å²) in [6, 6.07) is 6.24. The number of halogens is 2. The van der Waals surface area contributed by atoms with Gasteiger partial charge in [0.1, 0.15) is 5.82 Å². The highest BCUT2D eigenvalue weighted by molar-refractivity contribution is 5.61. The molecule has 1 fully saturated rings. The van der Waals surface area contributed by atoms with Crippen molar-refractivity contribution >= 4 is 6.08 Å². The predicted octanol–water partition coefficient (Wildman–Crippen LogP) is 4.98. The van der Waals surface area contributed by atoms with Crippen LogP contribution in [-0.4, -0.2) is 39.5 Å². The molecule has 1 N–H and O–H groups in total. The Morgan fingerprint density at radius 1 is 1.41 bits per heavy atom. The molecule has 1 aromatic carbocycles. The summed E-state index contributed by atoms with van der Waals surface area (Å²) in [6.07, 6.45) is 6.42. The van der Waals surface area contributed by atoms with E-state index < -0.39 is 12.3 Å². The lowest BCUT2D eigenvalue weighted by Gasteiger charge is -2.48. The molecule has 1 heterocycles. The summed E-state index contributed by atoms with van der Waals surface area (Å²) in [5.74, 6) is -0.503. The number of hydrogen-bond donors (Lipinski definition) is 1. The molecule has 32 heavy (non-hydrogen) atoms. The van der Waals surface area contributed by atoms with E-state index in [9.17, 15) is 14.0 Å². The summed E-state index contributed by atoms with van der Waals surface area (Å²) in [4.78, 5) is 0. The molecule has 7 heteroatoms. The van der Waals surface area contributed by atoms with Gasteiger partial charge >= 0.3 is 0 Å². The van der Waals surface area contributed by atoms with Crippen LogP contribution in [0, 0.1) is 17.2 Å². The first-order valence-electron chi connectivity index (χ1n) is 10.8. The Balaban J connectivity index is 1.65. The van der Waals surface area contributed by atoms with E-state index in [1.165, 1.54) is 30.9 Å². The van der Waals surface area contributed by atoms with Gasteiger partial charge in [0, 0.05) is 7.11 Å². The second-order valence-electron chi connectivity index (χ2n) is 8.82. The van der Waals surface area contributed by atoms with Crippen molar-refractivity contribution in [1.29, 1.82) is 0 Å². The van der Waals surface area contributed by atoms with Crippen LogP contribution in [0.1, 0.15) is 37.4 Å². The van der Waals surface area contributed by atoms with Crippen LogP contribution in [0.4, 0.5) is 8.87 Å². The number of methoxy groups -OCH3 is 1. The third-order valence-corrected chi connectivity index (χ3v) is 7.00. The zero-order valence-corrected chi connectivity index (χ0v) is 18.5. The van der Waals surface area contributed by atoms with Gasteiger partial charge in [0.25, 0.3) is 0 Å². The minimum atomic E-state index is -1.07. The van der Waals surface area contributed by atoms with Crippen LogP contribution in [0.3, 0.4) is 0 Å². The summed E-state index contributed by atoms with van der Waals surface area (Å²) in [5, 5.41) is 16.0. The van der Waals surface area contributed by atoms with Gasteiger partial charge in [0.15, 0.2) is 6.23 Å². The monoisotopic (exact) mass is 441 g/mol. The lowest BCUT2D eigenvalue weighted by molar-refractivity contribution is -0.109. The van der Waals surface area contributed by atoms with Crippen LogP contribution < -0.4 is 0 Å². The number of aromatic nitrogens is 2. The largest absolute Gasteiger partial charge is 0.386 e. The molecule has 1 aromatic heterocycles. The van der Waals surface area contributed by atoms with Crippen LogP contribution >= 0.6 is 0 Å². The number of benzene rings is 1. The Kier molecular flexibility index (Phi) is 6.05. The van der Waals surface area contributed by atoms with Crippen LogP contribution in [0.2, 0.25) is 0 Å². The van der Waals surface area contributed by atoms with Crippen molar-refractivity contribution in [1.82, 2.24) is 14.9 Å². The van der Waals surface area contributed by atoms with E-state index >= 15 is 0 Å². The average molecular weight is 442 g/mol. The van der Waals surface area contributed by atoms with Crippen LogP contribution in [0.5, 0.6) is 0 Å². The molecule has 4 rings (SSSR count). The van der Waals surface area contributed by atoms with Crippen LogP contribution in [0.25, 0.3) is 11.8 Å². The standard InChI is InChI=1S/C25H29F2N3O2/c1-5-23(32-4)29(27)16(2)24(31)21-8-6-7-18-13-22-17(14-25(18,21)3)15-28-30(22)20-11-9-19(26)10-12-20/h5,9-13,15,21,23-24,31H,1-2,6-8,14H2,3-4H3. The van der Waals surface area contributed by atoms with Gasteiger partial charge in [-0.15, -0.1) is 0 Å². The molecular formula is C25H29F2N3O2. The number of aliphatic hydroxyl groups excluding tert-OH is 1. The Morgan fingerprint density at radius 3 is 2.78 bits per heavy atom. The van der Waals surface area contributed by atoms with Gasteiger partial charge in [-0.1, -0.05) is 30.1 Å². The Labute approximate surface area is 187 Å². The fourth-order valence-corrected chi connectivity index (χ4v) is 5.18. The quantitative estimate of drug-likeness (QED) is 0.374. The molecule has 2 aromatic rings. The molecule has 2 aliphatic carbocycles. The molecular weight excluding hydrogens is 412 g/mol. The zero-order valence-electron chi connectivity index (χ0n) is 18.5. The highest BCUT2D eigenvalue weighted by Crippen LogP contribution is 2.53. The summed E-state index contributed by atoms with van der Waals surface area (Å²) in [6.45, 7) is 9.52. The first kappa shape index (κ1) is 22.4. The molecule has 0 radical (unpaired) electrons. The number of hydrogen-bond acceptors (Lipinski definition) is 4. The Bertz CT molecular complexity index is 1050. The number of rotatable bonds is 7. The second-order valence-corrected chi connectivity index (χ2v) is 8.82. The van der Waals surface area contributed by atoms with Crippen molar-refractivity contribution in [3.05, 3.63) is 78.0 Å². The van der Waals surface area contributed by atoms with Crippen molar-refractivity contribution < 1.29 is 18.7 Å². The van der Waals surface area contributed by atoms with E-state index in [1.807, 2.05) is 10.9 Å². The average Bonchev–Trinajstić information content (AvgIpc) is 3.19. The normalized spacial score (nSPS) is 24.0. The highest BCUT2D eigenvalue weighted by atomic mass is 19.2. The van der Waals surface area contributed by atoms with Gasteiger partial charge in [-0.2, -0.15) is 10.2 Å². The summed E-state index contributed by atoms with van der Waals surface area (Å²) in [7, 11) is 1.38. The van der Waals surface area contributed by atoms with Crippen molar-refractivity contribution in [3.63, 3.8) is 0 Å². The number of ether oxygens (including phenoxy) is 1. The van der Waals surface area contributed by atoms with Crippen molar-refractivity contribution in [2.24, 2.45) is 11.3 Å². The zero-order chi connectivity index (χ0) is 23.0. The lowest BCUT2D eigenvalue weighted by atomic mass is 9.58. The third-order valence-electron chi connectivity index (χ3n) is 7.00. The van der Waals surface area contributed by atoms with Gasteiger partial charge in [0.05, 0.1) is 29.4 Å². The Hall–Kier alpha value is -2.77. The molecule has 5 nitrogen and oxygen atoms in total. The minimum Gasteiger partial charge on any atom is -0.386 e. The smallest absolute Gasteiger partial charge is 0.177 e. The van der Waals surface area contributed by atoms with Crippen LogP contribution in [0.15, 0.2) is 61.0 Å². The van der Waals surface area contributed by atoms with E-state index in [2.05, 4.69) is 31.3 Å². The fraction of sp³-hybridized carbons (Fsp3) is 0.400. The Morgan fingerprint density at radius 2 is 2.12 bits per heavy atom. The maximum atomic E-state index is 14.8. The molecule has 0 saturated heterocycles. The molecule has 0 aliphatic heterocycles. The van der Waals surface area contributed by atoms with Crippen LogP contribution in [-0.2, 0) is 11.2 Å². The first-order valence-corrected chi connectivity index (χ1v) is 10.8. The highest BCUT2D eigenvalue weighted by Gasteiger charge is 2.47. The predicted molar refractivity (Wildman–Crippen MR) is 120 cm³/mol. The van der Waals surface area contributed by atoms with E-state index in [4.69, 9.17) is 4.74 Å². The number of allylic oxidation sites excluding steroid dienone is 1. The van der Waals surface area contributed by atoms with Gasteiger partial charge in [-0.05, 0) is 79.0 Å². The van der Waals surface area contributed by atoms with Gasteiger partial charge in [-0.25, -0.2) is 9.07 Å². The second kappa shape index (κ2) is 8.64. The number of aliphatic hydroxyl groups is 1. The molecule has 0 spiro atoms. The van der Waals surface area contributed by atoms with E-state index in [0.29, 0.717) is 11.5 Å². The molecule has 4 atom stereocenters. The SMILES string of the molecule is C=CC(OC)N(F)C(=C)C(O)C1CCCC2=Cc3c(cnn3-c3ccc(F)cc3)CC21C. The number of nitrogens with zero attached hydrogens (tertiary/aromatic N) is 3. The van der Waals surface area contributed by atoms with E-state index in [1.54, 1.807) is 12.1 Å². The maximum absolute atomic E-state index is 14.8. The van der Waals surface area contributed by atoms with Crippen molar-refractivity contribution in [3.8, 4) is 5.69 Å². The summed E-state index contributed by atoms with van der Waals surface area (Å²) in [5.41, 5.74) is 3.62. The third kappa shape index (κ3) is 3.69. The molecule has 170 valence electrons. The van der Waals surface area contributed by atoms with Gasteiger partial charge < -0.3 is 9.84 Å². The van der Waals surface area contributed by atoms with E-state index in [0.717, 1.165) is 36.2 Å². The number of fused-ring (bicyclic) bond motifs is 2. The molecule has 0 amide bonds. The van der Waals surface area contributed by atoms with Gasteiger partial charge in [-0.3, -0.25) is 0 Å². The summed E-state index contributed by atoms with van der Waals surface area (Å²) < 4.78 is 35.0. The lowest BCUT2D eigenvalue weighted by Crippen LogP contribution is -2.46. The maximum Gasteiger partial charge on any atom is 0.177 e. The topological polar surface area (TPSA) is 50.5 Å². The summed E-state index contributed by atoms with van der Waals surface area (Å²) >= 11 is 0. The minimum absolute atomic E-state index is 0.0305. The van der Waals surface area contributed by atoms with Gasteiger partial charge in [0.2, 0.25) is 0 Å². The first-order chi connectivity index (χ1) is 15.3. The molecule has 1 saturated carbocycles. The molecule has 0 bridgehead atoms. The fourth-order valence-electron chi connectivity index (χ4n) is 5.18. The van der Waals surface area contributed by atoms with Crippen molar-refractivity contribution in [2.45, 2.75) is 44.9 Å². The van der Waals surface area contributed by atoms with Crippen molar-refractivity contribution in [2.75, 3.05) is 7.11 Å². The molecule has 2 aliphatic rings.